The number of rotatable bonds is 4. The monoisotopic (exact) mass is 257 g/mol. The highest BCUT2D eigenvalue weighted by Crippen LogP contribution is 2.21. The van der Waals surface area contributed by atoms with Gasteiger partial charge >= 0.3 is 0 Å². The smallest absolute Gasteiger partial charge is 0.235 e. The normalized spacial score (nSPS) is 12.5. The molecule has 6 heteroatoms. The van der Waals surface area contributed by atoms with E-state index in [4.69, 9.17) is 18.0 Å². The third-order valence-electron chi connectivity index (χ3n) is 2.16. The molecule has 0 aliphatic heterocycles. The Kier molecular flexibility index (Phi) is 4.37. The number of hydrogen-bond donors (Lipinski definition) is 2. The molecule has 0 radical (unpaired) electrons. The number of hydrogen-bond acceptors (Lipinski definition) is 4. The number of nitrogens with zero attached hydrogens (tertiary/aromatic N) is 1. The molecule has 0 saturated carbocycles. The molecule has 1 unspecified atom stereocenters. The van der Waals surface area contributed by atoms with E-state index in [1.807, 2.05) is 5.38 Å². The molecule has 0 aliphatic rings. The second-order valence-electron chi connectivity index (χ2n) is 3.85. The number of nitrogens with two attached hydrogens (primary N) is 1. The van der Waals surface area contributed by atoms with Gasteiger partial charge in [0, 0.05) is 5.38 Å². The Balaban J connectivity index is 2.66. The van der Waals surface area contributed by atoms with E-state index in [-0.39, 0.29) is 10.9 Å². The highest BCUT2D eigenvalue weighted by Gasteiger charge is 2.17. The minimum atomic E-state index is -0.471. The molecule has 1 atom stereocenters. The van der Waals surface area contributed by atoms with Crippen molar-refractivity contribution >= 4 is 39.6 Å². The summed E-state index contributed by atoms with van der Waals surface area (Å²) in [6.45, 7) is 5.78. The van der Waals surface area contributed by atoms with Crippen molar-refractivity contribution < 1.29 is 4.79 Å². The first kappa shape index (κ1) is 13.1. The lowest BCUT2D eigenvalue weighted by molar-refractivity contribution is -0.117. The zero-order valence-electron chi connectivity index (χ0n) is 9.48. The number of aromatic nitrogens is 1. The van der Waals surface area contributed by atoms with Gasteiger partial charge in [0.15, 0.2) is 5.13 Å². The van der Waals surface area contributed by atoms with Crippen LogP contribution in [0.5, 0.6) is 0 Å². The molecule has 0 fully saturated rings. The maximum Gasteiger partial charge on any atom is 0.235 e. The highest BCUT2D eigenvalue weighted by atomic mass is 32.1. The van der Waals surface area contributed by atoms with Gasteiger partial charge in [-0.05, 0) is 12.8 Å². The van der Waals surface area contributed by atoms with Crippen molar-refractivity contribution in [2.45, 2.75) is 26.7 Å². The van der Waals surface area contributed by atoms with Crippen LogP contribution in [0.1, 0.15) is 32.4 Å². The first-order valence-corrected chi connectivity index (χ1v) is 6.26. The van der Waals surface area contributed by atoms with Crippen LogP contribution in [0.4, 0.5) is 5.13 Å². The molecule has 4 nitrogen and oxygen atoms in total. The lowest BCUT2D eigenvalue weighted by Crippen LogP contribution is -2.30. The van der Waals surface area contributed by atoms with Crippen molar-refractivity contribution in [3.8, 4) is 0 Å². The minimum Gasteiger partial charge on any atom is -0.393 e. The van der Waals surface area contributed by atoms with Gasteiger partial charge in [0.1, 0.15) is 0 Å². The third-order valence-corrected chi connectivity index (χ3v) is 3.29. The van der Waals surface area contributed by atoms with E-state index in [1.165, 1.54) is 11.3 Å². The Morgan fingerprint density at radius 3 is 2.62 bits per heavy atom. The van der Waals surface area contributed by atoms with Crippen LogP contribution in [0, 0.1) is 5.92 Å². The number of nitrogens with one attached hydrogen (secondary N) is 1. The quantitative estimate of drug-likeness (QED) is 0.811. The highest BCUT2D eigenvalue weighted by molar-refractivity contribution is 7.80. The molecule has 1 rings (SSSR count). The van der Waals surface area contributed by atoms with Crippen LogP contribution >= 0.6 is 23.6 Å². The molecule has 1 heterocycles. The van der Waals surface area contributed by atoms with Crippen molar-refractivity contribution in [1.29, 1.82) is 0 Å². The van der Waals surface area contributed by atoms with Crippen LogP contribution < -0.4 is 11.1 Å². The summed E-state index contributed by atoms with van der Waals surface area (Å²) in [7, 11) is 0. The molecule has 3 N–H and O–H groups in total. The number of carbonyl (C=O) groups is 1. The standard InChI is InChI=1S/C10H15N3OS2/c1-5(2)7-4-16-10(12-7)13-9(14)6(3)8(11)15/h4-6H,1-3H3,(H2,11,15)(H,12,13,14). The molecule has 0 spiro atoms. The van der Waals surface area contributed by atoms with Crippen LogP contribution in [-0.4, -0.2) is 15.9 Å². The Bertz CT molecular complexity index is 401. The maximum atomic E-state index is 11.6. The number of thiocarbonyl (C=S) groups is 1. The van der Waals surface area contributed by atoms with Gasteiger partial charge in [0.2, 0.25) is 5.91 Å². The van der Waals surface area contributed by atoms with Crippen LogP contribution in [0.2, 0.25) is 0 Å². The topological polar surface area (TPSA) is 68.0 Å². The summed E-state index contributed by atoms with van der Waals surface area (Å²) in [5.41, 5.74) is 6.37. The minimum absolute atomic E-state index is 0.193. The van der Waals surface area contributed by atoms with Crippen LogP contribution in [-0.2, 0) is 4.79 Å². The van der Waals surface area contributed by atoms with Crippen molar-refractivity contribution in [3.05, 3.63) is 11.1 Å². The third kappa shape index (κ3) is 3.24. The molecule has 0 bridgehead atoms. The zero-order chi connectivity index (χ0) is 12.3. The Morgan fingerprint density at radius 1 is 1.56 bits per heavy atom. The van der Waals surface area contributed by atoms with Gasteiger partial charge in [-0.2, -0.15) is 0 Å². The summed E-state index contributed by atoms with van der Waals surface area (Å²) >= 11 is 6.17. The fourth-order valence-electron chi connectivity index (χ4n) is 0.952. The van der Waals surface area contributed by atoms with E-state index in [9.17, 15) is 4.79 Å². The van der Waals surface area contributed by atoms with Gasteiger partial charge in [-0.25, -0.2) is 4.98 Å². The molecule has 1 aromatic heterocycles. The number of thiazole rings is 1. The molecule has 16 heavy (non-hydrogen) atoms. The van der Waals surface area contributed by atoms with Gasteiger partial charge in [-0.1, -0.05) is 26.1 Å². The van der Waals surface area contributed by atoms with Crippen molar-refractivity contribution in [2.24, 2.45) is 11.7 Å². The van der Waals surface area contributed by atoms with Crippen molar-refractivity contribution in [2.75, 3.05) is 5.32 Å². The van der Waals surface area contributed by atoms with Crippen LogP contribution in [0.25, 0.3) is 0 Å². The van der Waals surface area contributed by atoms with Crippen LogP contribution in [0.3, 0.4) is 0 Å². The fourth-order valence-corrected chi connectivity index (χ4v) is 1.93. The summed E-state index contributed by atoms with van der Waals surface area (Å²) in [5, 5.41) is 5.23. The molecular formula is C10H15N3OS2. The summed E-state index contributed by atoms with van der Waals surface area (Å²) in [5.74, 6) is -0.325. The summed E-state index contributed by atoms with van der Waals surface area (Å²) in [6, 6.07) is 0. The van der Waals surface area contributed by atoms with E-state index < -0.39 is 5.92 Å². The summed E-state index contributed by atoms with van der Waals surface area (Å²) in [6.07, 6.45) is 0. The predicted molar refractivity (Wildman–Crippen MR) is 70.8 cm³/mol. The Morgan fingerprint density at radius 2 is 2.19 bits per heavy atom. The number of anilines is 1. The van der Waals surface area contributed by atoms with E-state index in [0.29, 0.717) is 11.0 Å². The molecule has 1 amide bonds. The van der Waals surface area contributed by atoms with E-state index in [1.54, 1.807) is 6.92 Å². The first-order valence-electron chi connectivity index (χ1n) is 4.97. The second kappa shape index (κ2) is 5.36. The predicted octanol–water partition coefficient (Wildman–Crippen LogP) is 2.13. The second-order valence-corrected chi connectivity index (χ2v) is 5.18. The van der Waals surface area contributed by atoms with Crippen LogP contribution in [0.15, 0.2) is 5.38 Å². The van der Waals surface area contributed by atoms with Gasteiger partial charge in [-0.15, -0.1) is 11.3 Å². The molecule has 88 valence electrons. The van der Waals surface area contributed by atoms with Crippen molar-refractivity contribution in [1.82, 2.24) is 4.98 Å². The zero-order valence-corrected chi connectivity index (χ0v) is 11.1. The Hall–Kier alpha value is -1.01. The SMILES string of the molecule is CC(C(=O)Nc1nc(C(C)C)cs1)C(N)=S. The van der Waals surface area contributed by atoms with E-state index in [2.05, 4.69) is 24.1 Å². The molecule has 0 aromatic carbocycles. The first-order chi connectivity index (χ1) is 7.41. The van der Waals surface area contributed by atoms with E-state index >= 15 is 0 Å². The van der Waals surface area contributed by atoms with Gasteiger partial charge in [0.05, 0.1) is 16.6 Å². The molecular weight excluding hydrogens is 242 g/mol. The lowest BCUT2D eigenvalue weighted by Gasteiger charge is -2.08. The number of amides is 1. The molecule has 0 aliphatic carbocycles. The van der Waals surface area contributed by atoms with Gasteiger partial charge in [-0.3, -0.25) is 4.79 Å². The molecule has 0 saturated heterocycles. The largest absolute Gasteiger partial charge is 0.393 e. The Labute approximate surface area is 104 Å². The summed E-state index contributed by atoms with van der Waals surface area (Å²) in [4.78, 5) is 16.1. The van der Waals surface area contributed by atoms with E-state index in [0.717, 1.165) is 5.69 Å². The fraction of sp³-hybridized carbons (Fsp3) is 0.500. The lowest BCUT2D eigenvalue weighted by atomic mass is 10.2. The van der Waals surface area contributed by atoms with Gasteiger partial charge in [0.25, 0.3) is 0 Å². The molecule has 1 aromatic rings. The summed E-state index contributed by atoms with van der Waals surface area (Å²) < 4.78 is 0. The van der Waals surface area contributed by atoms with Gasteiger partial charge < -0.3 is 11.1 Å². The maximum absolute atomic E-state index is 11.6. The van der Waals surface area contributed by atoms with Crippen molar-refractivity contribution in [3.63, 3.8) is 0 Å². The average Bonchev–Trinajstić information content (AvgIpc) is 2.64. The average molecular weight is 257 g/mol. The number of carbonyl (C=O) groups excluding carboxylic acids is 1.